The first-order chi connectivity index (χ1) is 5.31. The van der Waals surface area contributed by atoms with E-state index in [2.05, 4.69) is 9.26 Å². The van der Waals surface area contributed by atoms with Gasteiger partial charge >= 0.3 is 13.8 Å². The summed E-state index contributed by atoms with van der Waals surface area (Å²) >= 11 is 0. The quantitative estimate of drug-likeness (QED) is 0.489. The molecule has 1 unspecified atom stereocenters. The lowest BCUT2D eigenvalue weighted by Gasteiger charge is -2.11. The van der Waals surface area contributed by atoms with E-state index < -0.39 is 19.9 Å². The molecule has 0 bridgehead atoms. The van der Waals surface area contributed by atoms with Gasteiger partial charge in [0.15, 0.2) is 0 Å². The van der Waals surface area contributed by atoms with E-state index in [0.29, 0.717) is 0 Å². The van der Waals surface area contributed by atoms with E-state index in [1.165, 1.54) is 13.8 Å². The van der Waals surface area contributed by atoms with Crippen LogP contribution in [-0.2, 0) is 18.6 Å². The van der Waals surface area contributed by atoms with E-state index in [4.69, 9.17) is 9.79 Å². The zero-order chi connectivity index (χ0) is 9.78. The van der Waals surface area contributed by atoms with E-state index >= 15 is 0 Å². The van der Waals surface area contributed by atoms with Crippen LogP contribution in [-0.4, -0.2) is 28.5 Å². The van der Waals surface area contributed by atoms with E-state index in [1.807, 2.05) is 0 Å². The van der Waals surface area contributed by atoms with Crippen molar-refractivity contribution in [1.82, 2.24) is 0 Å². The van der Waals surface area contributed by atoms with Gasteiger partial charge in [-0.05, 0) is 6.92 Å². The fourth-order valence-electron chi connectivity index (χ4n) is 0.519. The number of ether oxygens (including phenoxy) is 1. The topological polar surface area (TPSA) is 93.1 Å². The molecule has 0 aliphatic carbocycles. The second-order valence-electron chi connectivity index (χ2n) is 2.21. The van der Waals surface area contributed by atoms with Crippen molar-refractivity contribution < 1.29 is 28.4 Å². The first-order valence-corrected chi connectivity index (χ1v) is 4.71. The highest BCUT2D eigenvalue weighted by molar-refractivity contribution is 7.46. The SMILES string of the molecule is CC(=O)OC(C)COP(=O)(O)O. The molecule has 6 nitrogen and oxygen atoms in total. The third-order valence-electron chi connectivity index (χ3n) is 0.845. The molecule has 12 heavy (non-hydrogen) atoms. The van der Waals surface area contributed by atoms with Crippen LogP contribution in [0.3, 0.4) is 0 Å². The van der Waals surface area contributed by atoms with Crippen LogP contribution < -0.4 is 0 Å². The maximum Gasteiger partial charge on any atom is 0.469 e. The van der Waals surface area contributed by atoms with Gasteiger partial charge < -0.3 is 14.5 Å². The van der Waals surface area contributed by atoms with Crippen molar-refractivity contribution in [2.24, 2.45) is 0 Å². The lowest BCUT2D eigenvalue weighted by atomic mass is 10.4. The zero-order valence-corrected chi connectivity index (χ0v) is 7.65. The van der Waals surface area contributed by atoms with E-state index in [1.54, 1.807) is 0 Å². The molecule has 72 valence electrons. The minimum atomic E-state index is -4.45. The summed E-state index contributed by atoms with van der Waals surface area (Å²) in [6, 6.07) is 0. The summed E-state index contributed by atoms with van der Waals surface area (Å²) in [5, 5.41) is 0. The minimum Gasteiger partial charge on any atom is -0.460 e. The van der Waals surface area contributed by atoms with Crippen LogP contribution in [0.4, 0.5) is 0 Å². The highest BCUT2D eigenvalue weighted by atomic mass is 31.2. The molecule has 0 spiro atoms. The van der Waals surface area contributed by atoms with Crippen molar-refractivity contribution >= 4 is 13.8 Å². The van der Waals surface area contributed by atoms with Gasteiger partial charge in [-0.1, -0.05) is 0 Å². The van der Waals surface area contributed by atoms with Gasteiger partial charge in [0, 0.05) is 6.92 Å². The maximum absolute atomic E-state index is 10.3. The third kappa shape index (κ3) is 7.68. The number of carbonyl (C=O) groups is 1. The average molecular weight is 198 g/mol. The number of rotatable bonds is 4. The maximum atomic E-state index is 10.3. The first kappa shape index (κ1) is 11.6. The fraction of sp³-hybridized carbons (Fsp3) is 0.800. The molecule has 0 aromatic rings. The summed E-state index contributed by atoms with van der Waals surface area (Å²) in [7, 11) is -4.45. The molecule has 0 aromatic heterocycles. The normalized spacial score (nSPS) is 14.0. The number of hydrogen-bond donors (Lipinski definition) is 2. The van der Waals surface area contributed by atoms with Crippen LogP contribution in [0.2, 0.25) is 0 Å². The predicted octanol–water partition coefficient (Wildman–Crippen LogP) is 0.0473. The van der Waals surface area contributed by atoms with Crippen LogP contribution in [0.5, 0.6) is 0 Å². The molecule has 0 heterocycles. The molecular formula is C5H11O6P. The van der Waals surface area contributed by atoms with Crippen LogP contribution in [0.25, 0.3) is 0 Å². The van der Waals surface area contributed by atoms with Crippen LogP contribution in [0, 0.1) is 0 Å². The molecule has 0 saturated carbocycles. The van der Waals surface area contributed by atoms with Crippen LogP contribution in [0.1, 0.15) is 13.8 Å². The summed E-state index contributed by atoms with van der Waals surface area (Å²) in [6.07, 6.45) is -0.657. The largest absolute Gasteiger partial charge is 0.469 e. The van der Waals surface area contributed by atoms with Gasteiger partial charge in [-0.25, -0.2) is 4.57 Å². The Bertz CT molecular complexity index is 196. The molecule has 0 amide bonds. The molecule has 0 rings (SSSR count). The minimum absolute atomic E-state index is 0.316. The van der Waals surface area contributed by atoms with Crippen molar-refractivity contribution in [2.75, 3.05) is 6.61 Å². The molecule has 2 N–H and O–H groups in total. The molecule has 0 radical (unpaired) electrons. The van der Waals surface area contributed by atoms with Crippen molar-refractivity contribution in [3.63, 3.8) is 0 Å². The molecule has 7 heteroatoms. The van der Waals surface area contributed by atoms with Crippen LogP contribution >= 0.6 is 7.82 Å². The lowest BCUT2D eigenvalue weighted by Crippen LogP contribution is -2.17. The van der Waals surface area contributed by atoms with Gasteiger partial charge in [0.1, 0.15) is 6.10 Å². The van der Waals surface area contributed by atoms with Crippen LogP contribution in [0.15, 0.2) is 0 Å². The second-order valence-corrected chi connectivity index (χ2v) is 3.45. The first-order valence-electron chi connectivity index (χ1n) is 3.18. The molecule has 0 saturated heterocycles. The van der Waals surface area contributed by atoms with E-state index in [0.717, 1.165) is 0 Å². The fourth-order valence-corrected chi connectivity index (χ4v) is 0.924. The molecular weight excluding hydrogens is 187 g/mol. The molecule has 0 aliphatic rings. The number of esters is 1. The van der Waals surface area contributed by atoms with Crippen molar-refractivity contribution in [1.29, 1.82) is 0 Å². The van der Waals surface area contributed by atoms with E-state index in [-0.39, 0.29) is 6.61 Å². The van der Waals surface area contributed by atoms with Gasteiger partial charge in [0.2, 0.25) is 0 Å². The van der Waals surface area contributed by atoms with Crippen molar-refractivity contribution in [2.45, 2.75) is 20.0 Å². The van der Waals surface area contributed by atoms with Crippen molar-refractivity contribution in [3.8, 4) is 0 Å². The summed E-state index contributed by atoms with van der Waals surface area (Å²) in [5.41, 5.74) is 0. The summed E-state index contributed by atoms with van der Waals surface area (Å²) < 4.78 is 18.8. The molecule has 1 atom stereocenters. The average Bonchev–Trinajstić information content (AvgIpc) is 1.80. The summed E-state index contributed by atoms with van der Waals surface area (Å²) in [5.74, 6) is -0.517. The van der Waals surface area contributed by atoms with Gasteiger partial charge in [-0.3, -0.25) is 9.32 Å². The monoisotopic (exact) mass is 198 g/mol. The summed E-state index contributed by atoms with van der Waals surface area (Å²) in [6.45, 7) is 2.36. The number of phosphoric ester groups is 1. The van der Waals surface area contributed by atoms with Gasteiger partial charge in [0.05, 0.1) is 6.61 Å². The lowest BCUT2D eigenvalue weighted by molar-refractivity contribution is -0.147. The van der Waals surface area contributed by atoms with E-state index in [9.17, 15) is 9.36 Å². The Labute approximate surface area is 69.7 Å². The van der Waals surface area contributed by atoms with Gasteiger partial charge in [-0.15, -0.1) is 0 Å². The Morgan fingerprint density at radius 2 is 2.08 bits per heavy atom. The highest BCUT2D eigenvalue weighted by Crippen LogP contribution is 2.35. The predicted molar refractivity (Wildman–Crippen MR) is 39.2 cm³/mol. The molecule has 0 aromatic carbocycles. The smallest absolute Gasteiger partial charge is 0.460 e. The second kappa shape index (κ2) is 4.57. The Kier molecular flexibility index (Phi) is 4.41. The third-order valence-corrected chi connectivity index (χ3v) is 1.33. The molecule has 0 aliphatic heterocycles. The number of carbonyl (C=O) groups excluding carboxylic acids is 1. The molecule has 0 fully saturated rings. The summed E-state index contributed by atoms with van der Waals surface area (Å²) in [4.78, 5) is 26.8. The Morgan fingerprint density at radius 3 is 2.42 bits per heavy atom. The zero-order valence-electron chi connectivity index (χ0n) is 6.76. The van der Waals surface area contributed by atoms with Crippen molar-refractivity contribution in [3.05, 3.63) is 0 Å². The highest BCUT2D eigenvalue weighted by Gasteiger charge is 2.16. The number of phosphoric acid groups is 1. The Morgan fingerprint density at radius 1 is 1.58 bits per heavy atom. The number of hydrogen-bond acceptors (Lipinski definition) is 4. The Hall–Kier alpha value is -0.420. The standard InChI is InChI=1S/C5H11O6P/c1-4(11-5(2)6)3-10-12(7,8)9/h4H,3H2,1-2H3,(H2,7,8,9). The Balaban J connectivity index is 3.65. The van der Waals surface area contributed by atoms with Gasteiger partial charge in [0.25, 0.3) is 0 Å². The van der Waals surface area contributed by atoms with Gasteiger partial charge in [-0.2, -0.15) is 0 Å².